The Labute approximate surface area is 160 Å². The maximum atomic E-state index is 12.7. The Morgan fingerprint density at radius 2 is 1.96 bits per heavy atom. The molecule has 0 radical (unpaired) electrons. The molecule has 0 saturated carbocycles. The van der Waals surface area contributed by atoms with Crippen molar-refractivity contribution >= 4 is 17.2 Å². The van der Waals surface area contributed by atoms with Crippen molar-refractivity contribution in [2.24, 2.45) is 0 Å². The molecule has 0 atom stereocenters. The van der Waals surface area contributed by atoms with Crippen LogP contribution in [0, 0.1) is 6.92 Å². The molecule has 1 amide bonds. The van der Waals surface area contributed by atoms with Crippen LogP contribution in [-0.4, -0.2) is 43.2 Å². The lowest BCUT2D eigenvalue weighted by atomic mass is 9.84. The summed E-state index contributed by atoms with van der Waals surface area (Å²) in [6.07, 6.45) is 2.77. The Morgan fingerprint density at radius 1 is 1.23 bits per heavy atom. The van der Waals surface area contributed by atoms with Gasteiger partial charge in [0.2, 0.25) is 0 Å². The van der Waals surface area contributed by atoms with E-state index in [1.165, 1.54) is 10.4 Å². The summed E-state index contributed by atoms with van der Waals surface area (Å²) in [7, 11) is 1.72. The predicted octanol–water partition coefficient (Wildman–Crippen LogP) is 3.86. The quantitative estimate of drug-likeness (QED) is 0.802. The van der Waals surface area contributed by atoms with Crippen LogP contribution in [0.15, 0.2) is 41.8 Å². The second kappa shape index (κ2) is 8.80. The molecule has 1 saturated heterocycles. The molecule has 2 heterocycles. The van der Waals surface area contributed by atoms with Crippen molar-refractivity contribution in [3.63, 3.8) is 0 Å². The molecule has 1 fully saturated rings. The van der Waals surface area contributed by atoms with Crippen LogP contribution in [0.5, 0.6) is 0 Å². The van der Waals surface area contributed by atoms with Gasteiger partial charge in [-0.3, -0.25) is 9.69 Å². The molecule has 4 nitrogen and oxygen atoms in total. The number of carbonyl (C=O) groups is 1. The number of aryl methyl sites for hydroxylation is 1. The number of piperidine rings is 1. The summed E-state index contributed by atoms with van der Waals surface area (Å²) in [6, 6.07) is 11.7. The second-order valence-electron chi connectivity index (χ2n) is 7.15. The smallest absolute Gasteiger partial charge is 0.251 e. The first-order valence-corrected chi connectivity index (χ1v) is 10.1. The molecule has 1 N–H and O–H groups in total. The van der Waals surface area contributed by atoms with Crippen LogP contribution >= 0.6 is 11.3 Å². The Balaban J connectivity index is 1.63. The average Bonchev–Trinajstić information content (AvgIpc) is 3.07. The molecule has 1 aliphatic heterocycles. The minimum Gasteiger partial charge on any atom is -0.385 e. The number of likely N-dealkylation sites (tertiary alicyclic amines) is 1. The predicted molar refractivity (Wildman–Crippen MR) is 107 cm³/mol. The fourth-order valence-electron chi connectivity index (χ4n) is 3.55. The van der Waals surface area contributed by atoms with Gasteiger partial charge in [0.15, 0.2) is 0 Å². The minimum absolute atomic E-state index is 0.0178. The van der Waals surface area contributed by atoms with Crippen LogP contribution < -0.4 is 5.32 Å². The molecule has 5 heteroatoms. The largest absolute Gasteiger partial charge is 0.385 e. The van der Waals surface area contributed by atoms with Crippen LogP contribution in [0.2, 0.25) is 0 Å². The highest BCUT2D eigenvalue weighted by molar-refractivity contribution is 7.10. The van der Waals surface area contributed by atoms with E-state index in [-0.39, 0.29) is 11.4 Å². The number of hydrogen-bond acceptors (Lipinski definition) is 4. The lowest BCUT2D eigenvalue weighted by Crippen LogP contribution is -2.55. The summed E-state index contributed by atoms with van der Waals surface area (Å²) >= 11 is 1.83. The van der Waals surface area contributed by atoms with E-state index in [9.17, 15) is 4.79 Å². The van der Waals surface area contributed by atoms with Gasteiger partial charge in [0, 0.05) is 49.3 Å². The summed E-state index contributed by atoms with van der Waals surface area (Å²) in [5.74, 6) is 0.0178. The highest BCUT2D eigenvalue weighted by Gasteiger charge is 2.36. The zero-order chi connectivity index (χ0) is 18.4. The number of rotatable bonds is 7. The number of carbonyl (C=O) groups excluding carboxylic acids is 1. The van der Waals surface area contributed by atoms with Gasteiger partial charge in [0.1, 0.15) is 0 Å². The van der Waals surface area contributed by atoms with Gasteiger partial charge in [-0.05, 0) is 55.3 Å². The third-order valence-corrected chi connectivity index (χ3v) is 6.36. The number of hydrogen-bond donors (Lipinski definition) is 1. The summed E-state index contributed by atoms with van der Waals surface area (Å²) in [4.78, 5) is 16.6. The molecular formula is C21H28N2O2S. The zero-order valence-corrected chi connectivity index (χ0v) is 16.5. The maximum Gasteiger partial charge on any atom is 0.251 e. The normalized spacial score (nSPS) is 17.2. The molecule has 0 aliphatic carbocycles. The average molecular weight is 373 g/mol. The topological polar surface area (TPSA) is 41.6 Å². The summed E-state index contributed by atoms with van der Waals surface area (Å²) < 4.78 is 5.32. The standard InChI is InChI=1S/C21H28N2O2S/c1-17-8-15-26-19(17)16-23-12-9-21(10-13-23,11-14-25-2)22-20(24)18-6-4-3-5-7-18/h3-8,15H,9-14,16H2,1-2H3,(H,22,24). The summed E-state index contributed by atoms with van der Waals surface area (Å²) in [6.45, 7) is 5.85. The SMILES string of the molecule is COCCC1(NC(=O)c2ccccc2)CCN(Cc2sccc2C)CC1. The highest BCUT2D eigenvalue weighted by atomic mass is 32.1. The zero-order valence-electron chi connectivity index (χ0n) is 15.7. The van der Waals surface area contributed by atoms with Gasteiger partial charge >= 0.3 is 0 Å². The molecule has 1 aromatic heterocycles. The second-order valence-corrected chi connectivity index (χ2v) is 8.15. The Bertz CT molecular complexity index is 706. The van der Waals surface area contributed by atoms with Crippen molar-refractivity contribution in [3.05, 3.63) is 57.8 Å². The Hall–Kier alpha value is -1.69. The van der Waals surface area contributed by atoms with Gasteiger partial charge in [-0.2, -0.15) is 0 Å². The van der Waals surface area contributed by atoms with Crippen molar-refractivity contribution in [1.29, 1.82) is 0 Å². The number of ether oxygens (including phenoxy) is 1. The minimum atomic E-state index is -0.177. The van der Waals surface area contributed by atoms with E-state index in [4.69, 9.17) is 4.74 Å². The number of nitrogens with zero attached hydrogens (tertiary/aromatic N) is 1. The Morgan fingerprint density at radius 3 is 2.58 bits per heavy atom. The summed E-state index contributed by atoms with van der Waals surface area (Å²) in [5, 5.41) is 5.50. The third kappa shape index (κ3) is 4.72. The van der Waals surface area contributed by atoms with Gasteiger partial charge in [0.25, 0.3) is 5.91 Å². The number of thiophene rings is 1. The van der Waals surface area contributed by atoms with Crippen molar-refractivity contribution in [1.82, 2.24) is 10.2 Å². The molecule has 1 aliphatic rings. The summed E-state index contributed by atoms with van der Waals surface area (Å²) in [5.41, 5.74) is 1.92. The van der Waals surface area contributed by atoms with Gasteiger partial charge in [-0.25, -0.2) is 0 Å². The van der Waals surface area contributed by atoms with Crippen LogP contribution in [-0.2, 0) is 11.3 Å². The van der Waals surface area contributed by atoms with E-state index in [2.05, 4.69) is 28.6 Å². The van der Waals surface area contributed by atoms with Gasteiger partial charge in [-0.1, -0.05) is 18.2 Å². The van der Waals surface area contributed by atoms with Gasteiger partial charge in [0.05, 0.1) is 0 Å². The van der Waals surface area contributed by atoms with E-state index in [0.717, 1.165) is 44.5 Å². The third-order valence-electron chi connectivity index (χ3n) is 5.35. The van der Waals surface area contributed by atoms with Crippen molar-refractivity contribution in [2.45, 2.75) is 38.3 Å². The first-order valence-electron chi connectivity index (χ1n) is 9.24. The number of benzene rings is 1. The molecule has 3 rings (SSSR count). The van der Waals surface area contributed by atoms with Crippen LogP contribution in [0.4, 0.5) is 0 Å². The van der Waals surface area contributed by atoms with E-state index in [1.54, 1.807) is 7.11 Å². The number of methoxy groups -OCH3 is 1. The first-order chi connectivity index (χ1) is 12.6. The molecular weight excluding hydrogens is 344 g/mol. The first kappa shape index (κ1) is 19.1. The molecule has 2 aromatic rings. The van der Waals surface area contributed by atoms with Crippen molar-refractivity contribution < 1.29 is 9.53 Å². The monoisotopic (exact) mass is 372 g/mol. The van der Waals surface area contributed by atoms with E-state index in [0.29, 0.717) is 6.61 Å². The number of amides is 1. The highest BCUT2D eigenvalue weighted by Crippen LogP contribution is 2.28. The van der Waals surface area contributed by atoms with Crippen LogP contribution in [0.1, 0.15) is 40.1 Å². The van der Waals surface area contributed by atoms with Crippen molar-refractivity contribution in [3.8, 4) is 0 Å². The Kier molecular flexibility index (Phi) is 6.46. The molecule has 0 bridgehead atoms. The van der Waals surface area contributed by atoms with Crippen LogP contribution in [0.3, 0.4) is 0 Å². The maximum absolute atomic E-state index is 12.7. The molecule has 26 heavy (non-hydrogen) atoms. The fourth-order valence-corrected chi connectivity index (χ4v) is 4.49. The lowest BCUT2D eigenvalue weighted by Gasteiger charge is -2.42. The fraction of sp³-hybridized carbons (Fsp3) is 0.476. The lowest BCUT2D eigenvalue weighted by molar-refractivity contribution is 0.0692. The van der Waals surface area contributed by atoms with E-state index < -0.39 is 0 Å². The number of nitrogens with one attached hydrogen (secondary N) is 1. The van der Waals surface area contributed by atoms with Gasteiger partial charge in [-0.15, -0.1) is 11.3 Å². The molecule has 140 valence electrons. The molecule has 0 unspecified atom stereocenters. The van der Waals surface area contributed by atoms with E-state index >= 15 is 0 Å². The molecule has 0 spiro atoms. The van der Waals surface area contributed by atoms with Crippen molar-refractivity contribution in [2.75, 3.05) is 26.8 Å². The van der Waals surface area contributed by atoms with E-state index in [1.807, 2.05) is 41.7 Å². The van der Waals surface area contributed by atoms with Gasteiger partial charge < -0.3 is 10.1 Å². The van der Waals surface area contributed by atoms with Crippen LogP contribution in [0.25, 0.3) is 0 Å². The molecule has 1 aromatic carbocycles.